The average Bonchev–Trinajstić information content (AvgIpc) is 3.53. The molecule has 6 atom stereocenters. The summed E-state index contributed by atoms with van der Waals surface area (Å²) in [5.41, 5.74) is 1.57. The number of carbonyl (C=O) groups excluding carboxylic acids is 3. The van der Waals surface area contributed by atoms with Gasteiger partial charge < -0.3 is 5.32 Å². The number of allylic oxidation sites excluding steroid dienone is 2. The van der Waals surface area contributed by atoms with Gasteiger partial charge in [-0.1, -0.05) is 34.1 Å². The van der Waals surface area contributed by atoms with E-state index >= 15 is 0 Å². The van der Waals surface area contributed by atoms with Crippen LogP contribution >= 0.6 is 15.9 Å². The number of anilines is 2. The monoisotopic (exact) mass is 462 g/mol. The maximum atomic E-state index is 13.3. The normalized spacial score (nSPS) is 32.8. The lowest BCUT2D eigenvalue weighted by Gasteiger charge is -2.37. The highest BCUT2D eigenvalue weighted by atomic mass is 79.9. The molecule has 1 saturated heterocycles. The van der Waals surface area contributed by atoms with Gasteiger partial charge in [0, 0.05) is 15.7 Å². The third-order valence-corrected chi connectivity index (χ3v) is 7.66. The van der Waals surface area contributed by atoms with Crippen LogP contribution in [0.4, 0.5) is 11.4 Å². The number of nitrogens with zero attached hydrogens (tertiary/aromatic N) is 1. The SMILES string of the molecule is O=C(Nc1ccc(Br)cc1)c1cccc(N2C(=O)[C@@H]3[C@H]4C=C[C@@H]([C@@H]5C[C@H]45)[C@@H]3C2=O)c1. The van der Waals surface area contributed by atoms with E-state index in [-0.39, 0.29) is 41.4 Å². The van der Waals surface area contributed by atoms with E-state index in [1.165, 1.54) is 4.90 Å². The van der Waals surface area contributed by atoms with Crippen molar-refractivity contribution in [2.24, 2.45) is 35.5 Å². The summed E-state index contributed by atoms with van der Waals surface area (Å²) in [6, 6.07) is 14.1. The van der Waals surface area contributed by atoms with E-state index in [0.29, 0.717) is 28.8 Å². The van der Waals surface area contributed by atoms with Crippen molar-refractivity contribution >= 4 is 45.0 Å². The second-order valence-electron chi connectivity index (χ2n) is 8.68. The number of carbonyl (C=O) groups is 3. The summed E-state index contributed by atoms with van der Waals surface area (Å²) >= 11 is 3.37. The van der Waals surface area contributed by atoms with Crippen LogP contribution in [0, 0.1) is 35.5 Å². The zero-order chi connectivity index (χ0) is 20.6. The maximum Gasteiger partial charge on any atom is 0.255 e. The molecule has 5 nitrogen and oxygen atoms in total. The Kier molecular flexibility index (Phi) is 3.84. The quantitative estimate of drug-likeness (QED) is 0.547. The first-order chi connectivity index (χ1) is 14.5. The van der Waals surface area contributed by atoms with Crippen molar-refractivity contribution in [1.82, 2.24) is 0 Å². The molecule has 2 aromatic rings. The maximum absolute atomic E-state index is 13.3. The number of amides is 3. The van der Waals surface area contributed by atoms with E-state index < -0.39 is 0 Å². The summed E-state index contributed by atoms with van der Waals surface area (Å²) < 4.78 is 0.927. The number of benzene rings is 2. The van der Waals surface area contributed by atoms with Gasteiger partial charge in [-0.25, -0.2) is 4.90 Å². The van der Waals surface area contributed by atoms with E-state index in [0.717, 1.165) is 10.9 Å². The predicted molar refractivity (Wildman–Crippen MR) is 116 cm³/mol. The molecule has 3 amide bonds. The molecule has 0 radical (unpaired) electrons. The van der Waals surface area contributed by atoms with Gasteiger partial charge in [0.1, 0.15) is 0 Å². The smallest absolute Gasteiger partial charge is 0.255 e. The highest BCUT2D eigenvalue weighted by Crippen LogP contribution is 2.65. The Morgan fingerprint density at radius 3 is 2.20 bits per heavy atom. The summed E-state index contributed by atoms with van der Waals surface area (Å²) in [7, 11) is 0. The van der Waals surface area contributed by atoms with E-state index in [4.69, 9.17) is 0 Å². The van der Waals surface area contributed by atoms with Gasteiger partial charge in [0.15, 0.2) is 0 Å². The standard InChI is InChI=1S/C24H19BrN2O3/c25-13-4-6-14(7-5-13)26-22(28)12-2-1-3-15(10-12)27-23(29)20-16-8-9-17(19-11-18(16)19)21(20)24(27)30/h1-10,16-21H,11H2,(H,26,28)/t16-,17-,18-,19+,20-,21+/m0/s1. The number of rotatable bonds is 3. The lowest BCUT2D eigenvalue weighted by Crippen LogP contribution is -2.40. The minimum Gasteiger partial charge on any atom is -0.322 e. The lowest BCUT2D eigenvalue weighted by atomic mass is 9.63. The minimum absolute atomic E-state index is 0.111. The van der Waals surface area contributed by atoms with Gasteiger partial charge in [-0.3, -0.25) is 14.4 Å². The Balaban J connectivity index is 1.28. The predicted octanol–water partition coefficient (Wildman–Crippen LogP) is 4.26. The van der Waals surface area contributed by atoms with Crippen LogP contribution in [0.1, 0.15) is 16.8 Å². The highest BCUT2D eigenvalue weighted by Gasteiger charge is 2.67. The third-order valence-electron chi connectivity index (χ3n) is 7.13. The van der Waals surface area contributed by atoms with Crippen LogP contribution in [0.2, 0.25) is 0 Å². The summed E-state index contributed by atoms with van der Waals surface area (Å²) in [4.78, 5) is 40.6. The van der Waals surface area contributed by atoms with Gasteiger partial charge in [0.25, 0.3) is 5.91 Å². The fourth-order valence-electron chi connectivity index (χ4n) is 5.73. The van der Waals surface area contributed by atoms with Crippen molar-refractivity contribution in [2.45, 2.75) is 6.42 Å². The Labute approximate surface area is 182 Å². The van der Waals surface area contributed by atoms with Crippen LogP contribution in [0.3, 0.4) is 0 Å². The molecule has 6 heteroatoms. The molecule has 1 aliphatic heterocycles. The second-order valence-corrected chi connectivity index (χ2v) is 9.59. The molecule has 1 N–H and O–H groups in total. The van der Waals surface area contributed by atoms with Gasteiger partial charge in [-0.2, -0.15) is 0 Å². The largest absolute Gasteiger partial charge is 0.322 e. The van der Waals surface area contributed by atoms with Crippen molar-refractivity contribution in [3.63, 3.8) is 0 Å². The summed E-state index contributed by atoms with van der Waals surface area (Å²) in [5.74, 6) is 0.541. The van der Waals surface area contributed by atoms with Crippen LogP contribution < -0.4 is 10.2 Å². The summed E-state index contributed by atoms with van der Waals surface area (Å²) in [6.07, 6.45) is 5.47. The first kappa shape index (κ1) is 18.1. The van der Waals surface area contributed by atoms with Gasteiger partial charge in [-0.15, -0.1) is 0 Å². The van der Waals surface area contributed by atoms with Crippen LogP contribution in [0.25, 0.3) is 0 Å². The highest BCUT2D eigenvalue weighted by molar-refractivity contribution is 9.10. The molecule has 30 heavy (non-hydrogen) atoms. The number of hydrogen-bond donors (Lipinski definition) is 1. The van der Waals surface area contributed by atoms with Crippen LogP contribution in [-0.4, -0.2) is 17.7 Å². The molecule has 1 heterocycles. The fraction of sp³-hybridized carbons (Fsp3) is 0.292. The third kappa shape index (κ3) is 2.56. The van der Waals surface area contributed by atoms with Gasteiger partial charge in [0.2, 0.25) is 11.8 Å². The Bertz CT molecular complexity index is 1090. The molecular formula is C24H19BrN2O3. The van der Waals surface area contributed by atoms with Crippen LogP contribution in [0.5, 0.6) is 0 Å². The minimum atomic E-state index is -0.279. The zero-order valence-corrected chi connectivity index (χ0v) is 17.6. The van der Waals surface area contributed by atoms with Gasteiger partial charge in [-0.05, 0) is 72.6 Å². The van der Waals surface area contributed by atoms with Crippen molar-refractivity contribution in [1.29, 1.82) is 0 Å². The average molecular weight is 463 g/mol. The summed E-state index contributed by atoms with van der Waals surface area (Å²) in [6.45, 7) is 0. The number of imide groups is 1. The molecule has 0 aromatic heterocycles. The lowest BCUT2D eigenvalue weighted by molar-refractivity contribution is -0.124. The van der Waals surface area contributed by atoms with E-state index in [1.54, 1.807) is 36.4 Å². The topological polar surface area (TPSA) is 66.5 Å². The Morgan fingerprint density at radius 1 is 0.933 bits per heavy atom. The molecular weight excluding hydrogens is 444 g/mol. The fourth-order valence-corrected chi connectivity index (χ4v) is 6.00. The van der Waals surface area contributed by atoms with Crippen molar-refractivity contribution < 1.29 is 14.4 Å². The molecule has 150 valence electrons. The Morgan fingerprint density at radius 2 is 1.57 bits per heavy atom. The van der Waals surface area contributed by atoms with Gasteiger partial charge >= 0.3 is 0 Å². The first-order valence-electron chi connectivity index (χ1n) is 10.3. The van der Waals surface area contributed by atoms with Crippen molar-refractivity contribution in [2.75, 3.05) is 10.2 Å². The molecule has 2 saturated carbocycles. The summed E-state index contributed by atoms with van der Waals surface area (Å²) in [5, 5.41) is 2.85. The first-order valence-corrected chi connectivity index (χ1v) is 11.1. The molecule has 2 bridgehead atoms. The molecule has 0 unspecified atom stereocenters. The number of hydrogen-bond acceptors (Lipinski definition) is 3. The number of halogens is 1. The van der Waals surface area contributed by atoms with Crippen molar-refractivity contribution in [3.8, 4) is 0 Å². The second kappa shape index (κ2) is 6.38. The molecule has 0 spiro atoms. The van der Waals surface area contributed by atoms with Crippen molar-refractivity contribution in [3.05, 3.63) is 70.7 Å². The van der Waals surface area contributed by atoms with E-state index in [2.05, 4.69) is 33.4 Å². The molecule has 5 aliphatic rings. The van der Waals surface area contributed by atoms with E-state index in [1.807, 2.05) is 12.1 Å². The molecule has 2 aromatic carbocycles. The Hall–Kier alpha value is -2.73. The van der Waals surface area contributed by atoms with Crippen LogP contribution in [0.15, 0.2) is 65.2 Å². The van der Waals surface area contributed by atoms with E-state index in [9.17, 15) is 14.4 Å². The van der Waals surface area contributed by atoms with Gasteiger partial charge in [0.05, 0.1) is 17.5 Å². The number of nitrogens with one attached hydrogen (secondary N) is 1. The molecule has 3 fully saturated rings. The zero-order valence-electron chi connectivity index (χ0n) is 16.0. The molecule has 4 aliphatic carbocycles. The molecule has 7 rings (SSSR count). The van der Waals surface area contributed by atoms with Crippen LogP contribution in [-0.2, 0) is 9.59 Å².